The van der Waals surface area contributed by atoms with Gasteiger partial charge in [0.15, 0.2) is 11.9 Å². The van der Waals surface area contributed by atoms with Crippen LogP contribution in [-0.2, 0) is 13.0 Å². The summed E-state index contributed by atoms with van der Waals surface area (Å²) in [5, 5.41) is 0. The molecule has 2 heterocycles. The molecule has 1 aromatic heterocycles. The second-order valence-electron chi connectivity index (χ2n) is 4.03. The summed E-state index contributed by atoms with van der Waals surface area (Å²) in [5.74, 6) is 1.64. The molecule has 0 aliphatic carbocycles. The Balaban J connectivity index is 1.88. The number of hydrogen-bond donors (Lipinski definition) is 1. The highest BCUT2D eigenvalue weighted by Crippen LogP contribution is 2.34. The van der Waals surface area contributed by atoms with Crippen molar-refractivity contribution in [2.45, 2.75) is 19.1 Å². The third-order valence-electron chi connectivity index (χ3n) is 2.88. The summed E-state index contributed by atoms with van der Waals surface area (Å²) in [6.07, 6.45) is 2.47. The molecule has 2 aromatic rings. The fourth-order valence-electron chi connectivity index (χ4n) is 2.01. The van der Waals surface area contributed by atoms with Crippen LogP contribution in [0.5, 0.6) is 5.75 Å². The van der Waals surface area contributed by atoms with E-state index in [1.807, 2.05) is 24.3 Å². The van der Waals surface area contributed by atoms with Crippen molar-refractivity contribution >= 4 is 0 Å². The molecule has 0 saturated heterocycles. The van der Waals surface area contributed by atoms with Crippen molar-refractivity contribution in [1.82, 2.24) is 9.97 Å². The predicted molar refractivity (Wildman–Crippen MR) is 63.4 cm³/mol. The van der Waals surface area contributed by atoms with E-state index < -0.39 is 0 Å². The van der Waals surface area contributed by atoms with E-state index in [4.69, 9.17) is 10.5 Å². The minimum absolute atomic E-state index is 0.0844. The van der Waals surface area contributed by atoms with Gasteiger partial charge in [-0.25, -0.2) is 9.97 Å². The Kier molecular flexibility index (Phi) is 2.49. The number of ether oxygens (including phenoxy) is 1. The largest absolute Gasteiger partial charge is 0.482 e. The maximum atomic E-state index is 5.83. The molecule has 17 heavy (non-hydrogen) atoms. The Morgan fingerprint density at radius 1 is 1.29 bits per heavy atom. The monoisotopic (exact) mass is 227 g/mol. The Morgan fingerprint density at radius 3 is 3.00 bits per heavy atom. The van der Waals surface area contributed by atoms with Gasteiger partial charge in [-0.1, -0.05) is 18.2 Å². The number of nitrogens with two attached hydrogens (primary N) is 1. The lowest BCUT2D eigenvalue weighted by molar-refractivity contribution is 0.227. The summed E-state index contributed by atoms with van der Waals surface area (Å²) in [4.78, 5) is 8.66. The molecule has 0 amide bonds. The summed E-state index contributed by atoms with van der Waals surface area (Å²) in [6, 6.07) is 9.86. The number of fused-ring (bicyclic) bond motifs is 1. The number of nitrogens with zero attached hydrogens (tertiary/aromatic N) is 2. The maximum absolute atomic E-state index is 5.83. The molecule has 0 radical (unpaired) electrons. The van der Waals surface area contributed by atoms with Crippen LogP contribution >= 0.6 is 0 Å². The van der Waals surface area contributed by atoms with Crippen LogP contribution in [0.2, 0.25) is 0 Å². The number of rotatable bonds is 2. The summed E-state index contributed by atoms with van der Waals surface area (Å²) in [7, 11) is 0. The first-order valence-corrected chi connectivity index (χ1v) is 5.63. The number of aromatic nitrogens is 2. The zero-order valence-electron chi connectivity index (χ0n) is 9.34. The maximum Gasteiger partial charge on any atom is 0.169 e. The molecule has 1 aromatic carbocycles. The zero-order chi connectivity index (χ0) is 11.7. The molecule has 1 atom stereocenters. The highest BCUT2D eigenvalue weighted by atomic mass is 16.5. The topological polar surface area (TPSA) is 61.0 Å². The van der Waals surface area contributed by atoms with Crippen LogP contribution in [0.4, 0.5) is 0 Å². The highest BCUT2D eigenvalue weighted by molar-refractivity contribution is 5.38. The molecular formula is C13H13N3O. The molecule has 0 bridgehead atoms. The van der Waals surface area contributed by atoms with Gasteiger partial charge in [-0.05, 0) is 17.7 Å². The summed E-state index contributed by atoms with van der Waals surface area (Å²) >= 11 is 0. The van der Waals surface area contributed by atoms with Crippen molar-refractivity contribution in [3.8, 4) is 5.75 Å². The standard InChI is InChI=1S/C13H13N3O/c14-8-10-5-6-15-13(16-10)12-7-9-3-1-2-4-11(9)17-12/h1-6,12H,7-8,14H2. The molecule has 1 aliphatic heterocycles. The molecule has 86 valence electrons. The molecule has 0 spiro atoms. The van der Waals surface area contributed by atoms with E-state index in [9.17, 15) is 0 Å². The molecular weight excluding hydrogens is 214 g/mol. The van der Waals surface area contributed by atoms with Crippen LogP contribution in [0.15, 0.2) is 36.5 Å². The van der Waals surface area contributed by atoms with Gasteiger partial charge in [0.05, 0.1) is 5.69 Å². The second-order valence-corrected chi connectivity index (χ2v) is 4.03. The average Bonchev–Trinajstić information content (AvgIpc) is 2.82. The normalized spacial score (nSPS) is 17.6. The number of para-hydroxylation sites is 1. The van der Waals surface area contributed by atoms with Crippen molar-refractivity contribution in [2.24, 2.45) is 5.73 Å². The molecule has 4 heteroatoms. The first-order valence-electron chi connectivity index (χ1n) is 5.63. The molecule has 4 nitrogen and oxygen atoms in total. The third kappa shape index (κ3) is 1.87. The van der Waals surface area contributed by atoms with Crippen LogP contribution in [0, 0.1) is 0 Å². The third-order valence-corrected chi connectivity index (χ3v) is 2.88. The lowest BCUT2D eigenvalue weighted by Crippen LogP contribution is -2.11. The molecule has 1 aliphatic rings. The molecule has 3 rings (SSSR count). The van der Waals surface area contributed by atoms with Gasteiger partial charge in [-0.15, -0.1) is 0 Å². The van der Waals surface area contributed by atoms with Crippen LogP contribution in [0.3, 0.4) is 0 Å². The predicted octanol–water partition coefficient (Wildman–Crippen LogP) is 1.61. The first-order chi connectivity index (χ1) is 8.36. The Labute approximate surface area is 99.5 Å². The summed E-state index contributed by atoms with van der Waals surface area (Å²) in [5.41, 5.74) is 7.62. The van der Waals surface area contributed by atoms with Crippen LogP contribution in [0.1, 0.15) is 23.2 Å². The fraction of sp³-hybridized carbons (Fsp3) is 0.231. The second kappa shape index (κ2) is 4.14. The summed E-state index contributed by atoms with van der Waals surface area (Å²) < 4.78 is 5.83. The van der Waals surface area contributed by atoms with Gasteiger partial charge < -0.3 is 10.5 Å². The Morgan fingerprint density at radius 2 is 2.18 bits per heavy atom. The molecule has 2 N–H and O–H groups in total. The first kappa shape index (κ1) is 10.2. The van der Waals surface area contributed by atoms with E-state index in [2.05, 4.69) is 16.0 Å². The van der Waals surface area contributed by atoms with Crippen LogP contribution < -0.4 is 10.5 Å². The average molecular weight is 227 g/mol. The minimum Gasteiger partial charge on any atom is -0.482 e. The number of hydrogen-bond acceptors (Lipinski definition) is 4. The van der Waals surface area contributed by atoms with Crippen molar-refractivity contribution in [3.63, 3.8) is 0 Å². The van der Waals surface area contributed by atoms with Gasteiger partial charge >= 0.3 is 0 Å². The molecule has 0 fully saturated rings. The Hall–Kier alpha value is -1.94. The fourth-order valence-corrected chi connectivity index (χ4v) is 2.01. The van der Waals surface area contributed by atoms with Gasteiger partial charge in [0.1, 0.15) is 5.75 Å². The van der Waals surface area contributed by atoms with Gasteiger partial charge in [0, 0.05) is 19.2 Å². The van der Waals surface area contributed by atoms with E-state index in [0.717, 1.165) is 17.9 Å². The minimum atomic E-state index is -0.0844. The number of benzene rings is 1. The van der Waals surface area contributed by atoms with Gasteiger partial charge in [-0.3, -0.25) is 0 Å². The molecule has 1 unspecified atom stereocenters. The SMILES string of the molecule is NCc1ccnc(C2Cc3ccccc3O2)n1. The van der Waals surface area contributed by atoms with E-state index >= 15 is 0 Å². The van der Waals surface area contributed by atoms with Crippen molar-refractivity contribution in [1.29, 1.82) is 0 Å². The van der Waals surface area contributed by atoms with E-state index in [-0.39, 0.29) is 6.10 Å². The summed E-state index contributed by atoms with van der Waals surface area (Å²) in [6.45, 7) is 0.426. The highest BCUT2D eigenvalue weighted by Gasteiger charge is 2.26. The van der Waals surface area contributed by atoms with Gasteiger partial charge in [0.25, 0.3) is 0 Å². The van der Waals surface area contributed by atoms with E-state index in [1.165, 1.54) is 5.56 Å². The van der Waals surface area contributed by atoms with Crippen molar-refractivity contribution < 1.29 is 4.74 Å². The van der Waals surface area contributed by atoms with Crippen LogP contribution in [0.25, 0.3) is 0 Å². The smallest absolute Gasteiger partial charge is 0.169 e. The van der Waals surface area contributed by atoms with Crippen LogP contribution in [-0.4, -0.2) is 9.97 Å². The lowest BCUT2D eigenvalue weighted by atomic mass is 10.1. The lowest BCUT2D eigenvalue weighted by Gasteiger charge is -2.09. The van der Waals surface area contributed by atoms with Crippen molar-refractivity contribution in [3.05, 3.63) is 53.6 Å². The Bertz CT molecular complexity index is 517. The van der Waals surface area contributed by atoms with E-state index in [0.29, 0.717) is 12.4 Å². The van der Waals surface area contributed by atoms with Crippen molar-refractivity contribution in [2.75, 3.05) is 0 Å². The molecule has 0 saturated carbocycles. The van der Waals surface area contributed by atoms with Gasteiger partial charge in [-0.2, -0.15) is 0 Å². The van der Waals surface area contributed by atoms with E-state index in [1.54, 1.807) is 6.20 Å². The van der Waals surface area contributed by atoms with Gasteiger partial charge in [0.2, 0.25) is 0 Å². The quantitative estimate of drug-likeness (QED) is 0.846. The zero-order valence-corrected chi connectivity index (χ0v) is 9.34.